The van der Waals surface area contributed by atoms with Gasteiger partial charge in [-0.3, -0.25) is 9.78 Å². The third-order valence-electron chi connectivity index (χ3n) is 7.95. The van der Waals surface area contributed by atoms with Gasteiger partial charge in [0.15, 0.2) is 0 Å². The van der Waals surface area contributed by atoms with Crippen molar-refractivity contribution < 1.29 is 26.4 Å². The first-order valence-corrected chi connectivity index (χ1v) is 15.9. The number of pyridine rings is 1. The molecule has 1 amide bonds. The number of halogens is 3. The van der Waals surface area contributed by atoms with Crippen LogP contribution >= 0.6 is 0 Å². The number of hydrogen-bond donors (Lipinski definition) is 1. The molecule has 0 bridgehead atoms. The Balaban J connectivity index is 1.57. The lowest BCUT2D eigenvalue weighted by Crippen LogP contribution is -2.33. The van der Waals surface area contributed by atoms with E-state index in [4.69, 9.17) is 0 Å². The van der Waals surface area contributed by atoms with Crippen molar-refractivity contribution in [2.75, 3.05) is 11.9 Å². The molecule has 1 aliphatic rings. The highest BCUT2D eigenvalue weighted by Crippen LogP contribution is 2.36. The van der Waals surface area contributed by atoms with Crippen molar-refractivity contribution in [1.29, 1.82) is 5.26 Å². The van der Waals surface area contributed by atoms with Crippen molar-refractivity contribution in [2.45, 2.75) is 44.8 Å². The van der Waals surface area contributed by atoms with E-state index in [1.165, 1.54) is 22.6 Å². The van der Waals surface area contributed by atoms with E-state index in [2.05, 4.69) is 16.4 Å². The first kappa shape index (κ1) is 32.6. The minimum absolute atomic E-state index is 0.0798. The Morgan fingerprint density at radius 1 is 1.09 bits per heavy atom. The molecule has 1 atom stereocenters. The molecular weight excluding hydrogens is 613 g/mol. The fourth-order valence-electron chi connectivity index (χ4n) is 5.61. The number of nitriles is 1. The predicted molar refractivity (Wildman–Crippen MR) is 169 cm³/mol. The van der Waals surface area contributed by atoms with Crippen molar-refractivity contribution in [3.63, 3.8) is 0 Å². The van der Waals surface area contributed by atoms with Crippen LogP contribution in [0.4, 0.5) is 18.9 Å². The number of anilines is 1. The Morgan fingerprint density at radius 3 is 2.54 bits per heavy atom. The number of benzene rings is 3. The molecule has 7 nitrogen and oxygen atoms in total. The molecule has 1 N–H and O–H groups in total. The molecule has 2 heterocycles. The van der Waals surface area contributed by atoms with E-state index in [1.807, 2.05) is 32.9 Å². The lowest BCUT2D eigenvalue weighted by atomic mass is 9.91. The maximum atomic E-state index is 13.9. The number of aryl methyl sites for hydroxylation is 2. The van der Waals surface area contributed by atoms with Crippen molar-refractivity contribution in [1.82, 2.24) is 9.29 Å². The van der Waals surface area contributed by atoms with Crippen LogP contribution in [-0.2, 0) is 34.0 Å². The number of nitrogens with zero attached hydrogens (tertiary/aromatic N) is 3. The molecule has 5 rings (SSSR count). The summed E-state index contributed by atoms with van der Waals surface area (Å²) in [5.74, 6) is -0.570. The van der Waals surface area contributed by atoms with Crippen molar-refractivity contribution in [2.24, 2.45) is 5.92 Å². The van der Waals surface area contributed by atoms with E-state index in [1.54, 1.807) is 42.6 Å². The van der Waals surface area contributed by atoms with Crippen LogP contribution in [-0.4, -0.2) is 30.2 Å². The Bertz CT molecular complexity index is 1980. The van der Waals surface area contributed by atoms with E-state index >= 15 is 0 Å². The molecule has 0 aliphatic carbocycles. The quantitative estimate of drug-likeness (QED) is 0.227. The zero-order valence-corrected chi connectivity index (χ0v) is 26.2. The maximum absolute atomic E-state index is 13.9. The Labute approximate surface area is 266 Å². The van der Waals surface area contributed by atoms with Crippen LogP contribution in [0.2, 0.25) is 0 Å². The van der Waals surface area contributed by atoms with E-state index in [0.717, 1.165) is 23.3 Å². The molecule has 236 valence electrons. The van der Waals surface area contributed by atoms with E-state index in [-0.39, 0.29) is 23.9 Å². The van der Waals surface area contributed by atoms with Crippen LogP contribution in [0.1, 0.15) is 51.4 Å². The Hall–Kier alpha value is -4.79. The number of rotatable bonds is 6. The number of carbonyl (C=O) groups excluding carboxylic acids is 1. The summed E-state index contributed by atoms with van der Waals surface area (Å²) in [6.45, 7) is 5.56. The van der Waals surface area contributed by atoms with Gasteiger partial charge in [-0.25, -0.2) is 8.42 Å². The van der Waals surface area contributed by atoms with Gasteiger partial charge >= 0.3 is 6.18 Å². The van der Waals surface area contributed by atoms with Gasteiger partial charge < -0.3 is 5.32 Å². The molecule has 3 aromatic carbocycles. The highest BCUT2D eigenvalue weighted by atomic mass is 32.2. The van der Waals surface area contributed by atoms with Gasteiger partial charge in [-0.05, 0) is 108 Å². The molecule has 0 saturated heterocycles. The highest BCUT2D eigenvalue weighted by Gasteiger charge is 2.37. The molecule has 0 radical (unpaired) electrons. The van der Waals surface area contributed by atoms with Crippen LogP contribution in [0, 0.1) is 31.1 Å². The zero-order valence-electron chi connectivity index (χ0n) is 25.4. The maximum Gasteiger partial charge on any atom is 0.416 e. The number of aromatic nitrogens is 1. The van der Waals surface area contributed by atoms with Crippen LogP contribution in [0.3, 0.4) is 0 Å². The van der Waals surface area contributed by atoms with Gasteiger partial charge in [0.25, 0.3) is 0 Å². The predicted octanol–water partition coefficient (Wildman–Crippen LogP) is 7.04. The SMILES string of the molecule is Cc1ccc(C(=CC(=O)Nc2cccnc2)c2ccc(C#N)cc2C)cc1CN1CC(C)Cc2ccc(C(F)(F)F)cc2S1(=O)=O. The first-order valence-electron chi connectivity index (χ1n) is 14.5. The summed E-state index contributed by atoms with van der Waals surface area (Å²) in [6.07, 6.45) is 0.174. The smallest absolute Gasteiger partial charge is 0.321 e. The summed E-state index contributed by atoms with van der Waals surface area (Å²) in [7, 11) is -4.29. The summed E-state index contributed by atoms with van der Waals surface area (Å²) in [4.78, 5) is 16.9. The molecule has 1 aromatic heterocycles. The molecule has 11 heteroatoms. The number of carbonyl (C=O) groups is 1. The van der Waals surface area contributed by atoms with Crippen molar-refractivity contribution >= 4 is 27.2 Å². The second-order valence-electron chi connectivity index (χ2n) is 11.5. The van der Waals surface area contributed by atoms with Crippen molar-refractivity contribution in [3.8, 4) is 6.07 Å². The second kappa shape index (κ2) is 12.9. The van der Waals surface area contributed by atoms with Crippen LogP contribution in [0.15, 0.2) is 90.1 Å². The standard InChI is InChI=1S/C35H31F3N4O3S/c1-22-13-27-9-10-29(35(36,37)38)16-33(27)46(44,45)42(20-22)21-28-15-26(8-6-23(28)2)32(31-11-7-25(18-39)14-24(31)3)17-34(43)41-30-5-4-12-40-19-30/h4-12,14-17,19,22H,13,20-21H2,1-3H3,(H,41,43). The number of fused-ring (bicyclic) bond motifs is 1. The van der Waals surface area contributed by atoms with Crippen LogP contribution in [0.5, 0.6) is 0 Å². The van der Waals surface area contributed by atoms with Gasteiger partial charge in [-0.2, -0.15) is 22.7 Å². The van der Waals surface area contributed by atoms with Crippen molar-refractivity contribution in [3.05, 3.63) is 130 Å². The average Bonchev–Trinajstić information content (AvgIpc) is 3.09. The van der Waals surface area contributed by atoms with E-state index in [9.17, 15) is 31.6 Å². The molecule has 1 unspecified atom stereocenters. The number of nitrogens with one attached hydrogen (secondary N) is 1. The third kappa shape index (κ3) is 7.03. The minimum Gasteiger partial charge on any atom is -0.321 e. The van der Waals surface area contributed by atoms with E-state index < -0.39 is 27.7 Å². The second-order valence-corrected chi connectivity index (χ2v) is 13.4. The van der Waals surface area contributed by atoms with Gasteiger partial charge in [0, 0.05) is 25.4 Å². The molecular formula is C35H31F3N4O3S. The lowest BCUT2D eigenvalue weighted by Gasteiger charge is -2.24. The van der Waals surface area contributed by atoms with Crippen LogP contribution in [0.25, 0.3) is 5.57 Å². The normalized spacial score (nSPS) is 16.6. The Morgan fingerprint density at radius 2 is 1.87 bits per heavy atom. The van der Waals surface area contributed by atoms with E-state index in [0.29, 0.717) is 45.5 Å². The first-order chi connectivity index (χ1) is 21.8. The fraction of sp³-hybridized carbons (Fsp3) is 0.229. The average molecular weight is 645 g/mol. The van der Waals surface area contributed by atoms with Gasteiger partial charge in [0.1, 0.15) is 0 Å². The monoisotopic (exact) mass is 644 g/mol. The molecule has 0 fully saturated rings. The third-order valence-corrected chi connectivity index (χ3v) is 9.85. The van der Waals surface area contributed by atoms with Gasteiger partial charge in [-0.1, -0.05) is 31.2 Å². The fourth-order valence-corrected chi connectivity index (χ4v) is 7.41. The molecule has 4 aromatic rings. The topological polar surface area (TPSA) is 103 Å². The summed E-state index contributed by atoms with van der Waals surface area (Å²) in [6, 6.07) is 19.0. The van der Waals surface area contributed by atoms with Gasteiger partial charge in [0.2, 0.25) is 15.9 Å². The van der Waals surface area contributed by atoms with Gasteiger partial charge in [0.05, 0.1) is 34.0 Å². The highest BCUT2D eigenvalue weighted by molar-refractivity contribution is 7.89. The summed E-state index contributed by atoms with van der Waals surface area (Å²) >= 11 is 0. The molecule has 0 saturated carbocycles. The zero-order chi connectivity index (χ0) is 33.2. The number of alkyl halides is 3. The van der Waals surface area contributed by atoms with Crippen LogP contribution < -0.4 is 5.32 Å². The molecule has 0 spiro atoms. The lowest BCUT2D eigenvalue weighted by molar-refractivity contribution is -0.137. The van der Waals surface area contributed by atoms with Gasteiger partial charge in [-0.15, -0.1) is 0 Å². The number of sulfonamides is 1. The molecule has 1 aliphatic heterocycles. The summed E-state index contributed by atoms with van der Waals surface area (Å²) in [5.41, 5.74) is 4.31. The number of amides is 1. The summed E-state index contributed by atoms with van der Waals surface area (Å²) < 4.78 is 69.7. The Kier molecular flexibility index (Phi) is 9.15. The number of hydrogen-bond acceptors (Lipinski definition) is 5. The molecule has 46 heavy (non-hydrogen) atoms. The minimum atomic E-state index is -4.69. The summed E-state index contributed by atoms with van der Waals surface area (Å²) in [5, 5.41) is 12.2. The largest absolute Gasteiger partial charge is 0.416 e.